The van der Waals surface area contributed by atoms with E-state index in [4.69, 9.17) is 0 Å². The summed E-state index contributed by atoms with van der Waals surface area (Å²) in [6.07, 6.45) is 2.12. The molecule has 1 aliphatic rings. The van der Waals surface area contributed by atoms with E-state index in [-0.39, 0.29) is 10.6 Å². The molecule has 0 bridgehead atoms. The quantitative estimate of drug-likeness (QED) is 0.543. The number of nitrogens with one attached hydrogen (secondary N) is 1. The van der Waals surface area contributed by atoms with E-state index in [1.165, 1.54) is 5.56 Å². The molecule has 1 N–H and O–H groups in total. The standard InChI is InChI=1S/C10H12N2O2/c13-12(14)10-4-3-8-2-1-5-11-7-9(8)6-10/h3-4,6,11H,1-2,5,7H2. The molecule has 4 heteroatoms. The first-order valence-corrected chi connectivity index (χ1v) is 4.74. The number of nitro groups is 1. The highest BCUT2D eigenvalue weighted by Crippen LogP contribution is 2.20. The van der Waals surface area contributed by atoms with Crippen LogP contribution in [0.25, 0.3) is 0 Å². The van der Waals surface area contributed by atoms with Gasteiger partial charge in [-0.15, -0.1) is 0 Å². The van der Waals surface area contributed by atoms with Crippen LogP contribution in [0.2, 0.25) is 0 Å². The zero-order valence-corrected chi connectivity index (χ0v) is 7.82. The summed E-state index contributed by atoms with van der Waals surface area (Å²) < 4.78 is 0. The molecule has 0 unspecified atom stereocenters. The molecular formula is C10H12N2O2. The summed E-state index contributed by atoms with van der Waals surface area (Å²) in [5.41, 5.74) is 2.49. The van der Waals surface area contributed by atoms with Crippen LogP contribution in [0.3, 0.4) is 0 Å². The molecule has 74 valence electrons. The van der Waals surface area contributed by atoms with Gasteiger partial charge in [0.05, 0.1) is 4.92 Å². The summed E-state index contributed by atoms with van der Waals surface area (Å²) in [6, 6.07) is 5.14. The zero-order chi connectivity index (χ0) is 9.97. The number of hydrogen-bond donors (Lipinski definition) is 1. The van der Waals surface area contributed by atoms with Gasteiger partial charge in [0, 0.05) is 18.7 Å². The van der Waals surface area contributed by atoms with Crippen LogP contribution in [0.1, 0.15) is 17.5 Å². The van der Waals surface area contributed by atoms with E-state index in [2.05, 4.69) is 5.32 Å². The largest absolute Gasteiger partial charge is 0.313 e. The van der Waals surface area contributed by atoms with Gasteiger partial charge in [0.2, 0.25) is 0 Å². The number of fused-ring (bicyclic) bond motifs is 1. The Bertz CT molecular complexity index is 363. The summed E-state index contributed by atoms with van der Waals surface area (Å²) in [4.78, 5) is 10.2. The van der Waals surface area contributed by atoms with Gasteiger partial charge in [-0.3, -0.25) is 10.1 Å². The number of nitrogens with zero attached hydrogens (tertiary/aromatic N) is 1. The van der Waals surface area contributed by atoms with Crippen LogP contribution >= 0.6 is 0 Å². The molecule has 0 spiro atoms. The lowest BCUT2D eigenvalue weighted by Crippen LogP contribution is -2.12. The van der Waals surface area contributed by atoms with Crippen molar-refractivity contribution in [2.45, 2.75) is 19.4 Å². The van der Waals surface area contributed by atoms with E-state index in [0.717, 1.165) is 31.5 Å². The molecule has 1 aromatic carbocycles. The fourth-order valence-corrected chi connectivity index (χ4v) is 1.76. The van der Waals surface area contributed by atoms with Crippen molar-refractivity contribution in [3.8, 4) is 0 Å². The van der Waals surface area contributed by atoms with E-state index in [1.54, 1.807) is 12.1 Å². The summed E-state index contributed by atoms with van der Waals surface area (Å²) >= 11 is 0. The molecule has 0 amide bonds. The van der Waals surface area contributed by atoms with Crippen molar-refractivity contribution in [1.82, 2.24) is 5.32 Å². The molecule has 1 heterocycles. The van der Waals surface area contributed by atoms with Crippen LogP contribution in [-0.2, 0) is 13.0 Å². The minimum Gasteiger partial charge on any atom is -0.313 e. The summed E-state index contributed by atoms with van der Waals surface area (Å²) in [5.74, 6) is 0. The monoisotopic (exact) mass is 192 g/mol. The highest BCUT2D eigenvalue weighted by atomic mass is 16.6. The van der Waals surface area contributed by atoms with Crippen LogP contribution in [0.4, 0.5) is 5.69 Å². The van der Waals surface area contributed by atoms with E-state index < -0.39 is 0 Å². The Balaban J connectivity index is 2.37. The molecule has 14 heavy (non-hydrogen) atoms. The van der Waals surface area contributed by atoms with Crippen LogP contribution in [0, 0.1) is 10.1 Å². The molecule has 0 atom stereocenters. The normalized spacial score (nSPS) is 15.7. The minimum absolute atomic E-state index is 0.187. The number of non-ortho nitro benzene ring substituents is 1. The molecule has 0 aromatic heterocycles. The lowest BCUT2D eigenvalue weighted by Gasteiger charge is -2.03. The summed E-state index contributed by atoms with van der Waals surface area (Å²) in [5, 5.41) is 13.8. The van der Waals surface area contributed by atoms with E-state index in [1.807, 2.05) is 6.07 Å². The topological polar surface area (TPSA) is 55.2 Å². The van der Waals surface area contributed by atoms with Gasteiger partial charge in [0.25, 0.3) is 5.69 Å². The van der Waals surface area contributed by atoms with Crippen LogP contribution < -0.4 is 5.32 Å². The predicted molar refractivity (Wildman–Crippen MR) is 53.1 cm³/mol. The maximum atomic E-state index is 10.6. The number of hydrogen-bond acceptors (Lipinski definition) is 3. The highest BCUT2D eigenvalue weighted by molar-refractivity contribution is 5.40. The van der Waals surface area contributed by atoms with Crippen molar-refractivity contribution >= 4 is 5.69 Å². The maximum Gasteiger partial charge on any atom is 0.269 e. The predicted octanol–water partition coefficient (Wildman–Crippen LogP) is 1.63. The first kappa shape index (κ1) is 9.15. The van der Waals surface area contributed by atoms with Gasteiger partial charge in [-0.05, 0) is 30.5 Å². The second-order valence-electron chi connectivity index (χ2n) is 3.49. The van der Waals surface area contributed by atoms with Crippen molar-refractivity contribution in [1.29, 1.82) is 0 Å². The Hall–Kier alpha value is -1.42. The Morgan fingerprint density at radius 1 is 1.36 bits per heavy atom. The first-order valence-electron chi connectivity index (χ1n) is 4.74. The molecule has 2 rings (SSSR count). The maximum absolute atomic E-state index is 10.6. The van der Waals surface area contributed by atoms with Gasteiger partial charge in [0.1, 0.15) is 0 Å². The van der Waals surface area contributed by atoms with Gasteiger partial charge in [-0.1, -0.05) is 6.07 Å². The number of benzene rings is 1. The van der Waals surface area contributed by atoms with Gasteiger partial charge in [0.15, 0.2) is 0 Å². The fourth-order valence-electron chi connectivity index (χ4n) is 1.76. The van der Waals surface area contributed by atoms with Gasteiger partial charge in [-0.2, -0.15) is 0 Å². The lowest BCUT2D eigenvalue weighted by molar-refractivity contribution is -0.384. The Labute approximate surface area is 82.1 Å². The van der Waals surface area contributed by atoms with Crippen LogP contribution in [0.5, 0.6) is 0 Å². The van der Waals surface area contributed by atoms with Gasteiger partial charge in [-0.25, -0.2) is 0 Å². The second-order valence-corrected chi connectivity index (χ2v) is 3.49. The minimum atomic E-state index is -0.342. The Kier molecular flexibility index (Phi) is 2.45. The van der Waals surface area contributed by atoms with Crippen LogP contribution in [-0.4, -0.2) is 11.5 Å². The SMILES string of the molecule is O=[N+]([O-])c1ccc2c(c1)CNCCC2. The smallest absolute Gasteiger partial charge is 0.269 e. The Morgan fingerprint density at radius 2 is 2.21 bits per heavy atom. The third kappa shape index (κ3) is 1.75. The number of rotatable bonds is 1. The van der Waals surface area contributed by atoms with E-state index in [9.17, 15) is 10.1 Å². The van der Waals surface area contributed by atoms with Crippen molar-refractivity contribution in [3.05, 3.63) is 39.4 Å². The fraction of sp³-hybridized carbons (Fsp3) is 0.400. The molecular weight excluding hydrogens is 180 g/mol. The molecule has 0 fully saturated rings. The second kappa shape index (κ2) is 3.75. The number of nitro benzene ring substituents is 1. The molecule has 0 aliphatic carbocycles. The average Bonchev–Trinajstić information content (AvgIpc) is 2.41. The summed E-state index contributed by atoms with van der Waals surface area (Å²) in [7, 11) is 0. The van der Waals surface area contributed by atoms with Crippen LogP contribution in [0.15, 0.2) is 18.2 Å². The summed E-state index contributed by atoms with van der Waals surface area (Å²) in [6.45, 7) is 1.74. The third-order valence-corrected chi connectivity index (χ3v) is 2.52. The van der Waals surface area contributed by atoms with E-state index in [0.29, 0.717) is 0 Å². The van der Waals surface area contributed by atoms with E-state index >= 15 is 0 Å². The molecule has 1 aromatic rings. The van der Waals surface area contributed by atoms with Gasteiger partial charge < -0.3 is 5.32 Å². The number of aryl methyl sites for hydroxylation is 1. The first-order chi connectivity index (χ1) is 6.77. The van der Waals surface area contributed by atoms with Crippen molar-refractivity contribution in [2.75, 3.05) is 6.54 Å². The van der Waals surface area contributed by atoms with Crippen molar-refractivity contribution in [2.24, 2.45) is 0 Å². The average molecular weight is 192 g/mol. The molecule has 1 aliphatic heterocycles. The molecule has 0 saturated heterocycles. The lowest BCUT2D eigenvalue weighted by atomic mass is 10.0. The molecule has 0 radical (unpaired) electrons. The molecule has 4 nitrogen and oxygen atoms in total. The zero-order valence-electron chi connectivity index (χ0n) is 7.82. The highest BCUT2D eigenvalue weighted by Gasteiger charge is 2.12. The molecule has 0 saturated carbocycles. The van der Waals surface area contributed by atoms with Crippen molar-refractivity contribution < 1.29 is 4.92 Å². The van der Waals surface area contributed by atoms with Gasteiger partial charge >= 0.3 is 0 Å². The Morgan fingerprint density at radius 3 is 3.00 bits per heavy atom. The third-order valence-electron chi connectivity index (χ3n) is 2.52. The van der Waals surface area contributed by atoms with Crippen molar-refractivity contribution in [3.63, 3.8) is 0 Å².